The van der Waals surface area contributed by atoms with E-state index in [1.54, 1.807) is 67.6 Å². The highest BCUT2D eigenvalue weighted by molar-refractivity contribution is 6.09. The average molecular weight is 431 g/mol. The summed E-state index contributed by atoms with van der Waals surface area (Å²) in [5, 5.41) is 12.2. The lowest BCUT2D eigenvalue weighted by Crippen LogP contribution is -2.44. The molecule has 0 spiro atoms. The number of carbonyl (C=O) groups is 3. The third-order valence-corrected chi connectivity index (χ3v) is 5.26. The summed E-state index contributed by atoms with van der Waals surface area (Å²) in [6.07, 6.45) is 0.220. The van der Waals surface area contributed by atoms with Crippen molar-refractivity contribution >= 4 is 17.7 Å². The lowest BCUT2D eigenvalue weighted by atomic mass is 9.94. The van der Waals surface area contributed by atoms with Crippen molar-refractivity contribution in [2.75, 3.05) is 7.11 Å². The number of nitrogens with one attached hydrogen (secondary N) is 1. The van der Waals surface area contributed by atoms with Gasteiger partial charge < -0.3 is 15.2 Å². The summed E-state index contributed by atoms with van der Waals surface area (Å²) in [6.45, 7) is 1.72. The fraction of sp³-hybridized carbons (Fsp3) is 0.192. The third kappa shape index (κ3) is 5.60. The van der Waals surface area contributed by atoms with Gasteiger partial charge in [-0.25, -0.2) is 4.79 Å². The molecule has 3 rings (SSSR count). The monoisotopic (exact) mass is 431 g/mol. The molecule has 0 aliphatic carbocycles. The van der Waals surface area contributed by atoms with Gasteiger partial charge in [0.25, 0.3) is 0 Å². The normalized spacial score (nSPS) is 12.4. The van der Waals surface area contributed by atoms with Crippen LogP contribution in [0.4, 0.5) is 0 Å². The molecule has 32 heavy (non-hydrogen) atoms. The van der Waals surface area contributed by atoms with Gasteiger partial charge in [-0.3, -0.25) is 9.59 Å². The molecule has 3 aromatic carbocycles. The van der Waals surface area contributed by atoms with Crippen molar-refractivity contribution in [3.05, 3.63) is 101 Å². The van der Waals surface area contributed by atoms with Gasteiger partial charge in [0, 0.05) is 17.5 Å². The summed E-state index contributed by atoms with van der Waals surface area (Å²) in [6, 6.07) is 21.4. The molecule has 0 heterocycles. The van der Waals surface area contributed by atoms with E-state index in [0.29, 0.717) is 16.7 Å². The second-order valence-corrected chi connectivity index (χ2v) is 7.50. The lowest BCUT2D eigenvalue weighted by Gasteiger charge is -2.20. The Morgan fingerprint density at radius 3 is 2.22 bits per heavy atom. The molecule has 0 fully saturated rings. The average Bonchev–Trinajstić information content (AvgIpc) is 2.84. The molecule has 3 aromatic rings. The molecule has 6 heteroatoms. The Hall–Kier alpha value is -3.93. The van der Waals surface area contributed by atoms with Gasteiger partial charge in [-0.15, -0.1) is 0 Å². The molecular formula is C26H25NO5. The Kier molecular flexibility index (Phi) is 7.39. The Bertz CT molecular complexity index is 1090. The van der Waals surface area contributed by atoms with Crippen molar-refractivity contribution in [3.63, 3.8) is 0 Å². The van der Waals surface area contributed by atoms with Crippen LogP contribution in [0.15, 0.2) is 78.9 Å². The molecule has 164 valence electrons. The predicted molar refractivity (Wildman–Crippen MR) is 120 cm³/mol. The molecule has 1 amide bonds. The molecule has 0 radical (unpaired) electrons. The van der Waals surface area contributed by atoms with Crippen molar-refractivity contribution < 1.29 is 24.2 Å². The molecule has 0 saturated heterocycles. The number of ketones is 1. The standard InChI is InChI=1S/C26H25NO5/c1-17(20-9-6-10-21(16-20)24(29)19-7-4-3-5-8-19)25(30)27-23(26(31)32-2)15-18-11-13-22(28)14-12-18/h3-14,16-17,23,28H,15H2,1-2H3,(H,27,30)/t17-,23+/m0/s1. The van der Waals surface area contributed by atoms with Crippen molar-refractivity contribution in [1.29, 1.82) is 0 Å². The van der Waals surface area contributed by atoms with E-state index in [9.17, 15) is 19.5 Å². The van der Waals surface area contributed by atoms with Crippen LogP contribution in [0.5, 0.6) is 5.75 Å². The van der Waals surface area contributed by atoms with Crippen molar-refractivity contribution in [2.45, 2.75) is 25.3 Å². The summed E-state index contributed by atoms with van der Waals surface area (Å²) in [7, 11) is 1.26. The molecule has 6 nitrogen and oxygen atoms in total. The molecule has 2 atom stereocenters. The Labute approximate surface area is 186 Å². The minimum atomic E-state index is -0.881. The number of aromatic hydroxyl groups is 1. The molecule has 2 N–H and O–H groups in total. The minimum absolute atomic E-state index is 0.117. The second-order valence-electron chi connectivity index (χ2n) is 7.50. The van der Waals surface area contributed by atoms with Crippen LogP contribution in [0.3, 0.4) is 0 Å². The van der Waals surface area contributed by atoms with E-state index < -0.39 is 17.9 Å². The number of ether oxygens (including phenoxy) is 1. The number of carbonyl (C=O) groups excluding carboxylic acids is 3. The van der Waals surface area contributed by atoms with Crippen LogP contribution < -0.4 is 5.32 Å². The zero-order valence-electron chi connectivity index (χ0n) is 17.9. The molecule has 0 aromatic heterocycles. The summed E-state index contributed by atoms with van der Waals surface area (Å²) in [5.41, 5.74) is 2.49. The Morgan fingerprint density at radius 2 is 1.56 bits per heavy atom. The highest BCUT2D eigenvalue weighted by atomic mass is 16.5. The van der Waals surface area contributed by atoms with Crippen molar-refractivity contribution in [3.8, 4) is 5.75 Å². The number of methoxy groups -OCH3 is 1. The first-order chi connectivity index (χ1) is 15.4. The number of rotatable bonds is 8. The second kappa shape index (κ2) is 10.4. The van der Waals surface area contributed by atoms with Crippen LogP contribution in [-0.4, -0.2) is 35.9 Å². The summed E-state index contributed by atoms with van der Waals surface area (Å²) < 4.78 is 4.85. The third-order valence-electron chi connectivity index (χ3n) is 5.26. The van der Waals surface area contributed by atoms with Gasteiger partial charge in [0.05, 0.1) is 13.0 Å². The van der Waals surface area contributed by atoms with Gasteiger partial charge in [-0.2, -0.15) is 0 Å². The van der Waals surface area contributed by atoms with Crippen LogP contribution in [0.2, 0.25) is 0 Å². The van der Waals surface area contributed by atoms with Gasteiger partial charge in [0.1, 0.15) is 11.8 Å². The van der Waals surface area contributed by atoms with Gasteiger partial charge in [-0.05, 0) is 36.2 Å². The molecule has 0 saturated carbocycles. The number of amides is 1. The molecule has 0 aliphatic rings. The van der Waals surface area contributed by atoms with Crippen molar-refractivity contribution in [2.24, 2.45) is 0 Å². The largest absolute Gasteiger partial charge is 0.508 e. The van der Waals surface area contributed by atoms with Crippen LogP contribution in [0.1, 0.15) is 39.9 Å². The van der Waals surface area contributed by atoms with Crippen LogP contribution >= 0.6 is 0 Å². The van der Waals surface area contributed by atoms with E-state index in [2.05, 4.69) is 5.32 Å². The lowest BCUT2D eigenvalue weighted by molar-refractivity contribution is -0.145. The van der Waals surface area contributed by atoms with Gasteiger partial charge >= 0.3 is 5.97 Å². The molecule has 0 bridgehead atoms. The number of phenols is 1. The first kappa shape index (κ1) is 22.7. The zero-order valence-corrected chi connectivity index (χ0v) is 17.9. The van der Waals surface area contributed by atoms with Crippen LogP contribution in [0, 0.1) is 0 Å². The van der Waals surface area contributed by atoms with Crippen LogP contribution in [-0.2, 0) is 20.7 Å². The molecule has 0 unspecified atom stereocenters. The minimum Gasteiger partial charge on any atom is -0.508 e. The first-order valence-electron chi connectivity index (χ1n) is 10.2. The number of hydrogen-bond acceptors (Lipinski definition) is 5. The fourth-order valence-corrected chi connectivity index (χ4v) is 3.36. The maximum atomic E-state index is 12.9. The van der Waals surface area contributed by atoms with Gasteiger partial charge in [-0.1, -0.05) is 60.7 Å². The quantitative estimate of drug-likeness (QED) is 0.420. The number of phenolic OH excluding ortho intramolecular Hbond substituents is 1. The van der Waals surface area contributed by atoms with E-state index in [1.165, 1.54) is 19.2 Å². The fourth-order valence-electron chi connectivity index (χ4n) is 3.36. The highest BCUT2D eigenvalue weighted by Gasteiger charge is 2.25. The summed E-state index contributed by atoms with van der Waals surface area (Å²) >= 11 is 0. The first-order valence-corrected chi connectivity index (χ1v) is 10.2. The van der Waals surface area contributed by atoms with E-state index in [4.69, 9.17) is 4.74 Å². The maximum Gasteiger partial charge on any atom is 0.328 e. The number of hydrogen-bond donors (Lipinski definition) is 2. The van der Waals surface area contributed by atoms with E-state index in [1.807, 2.05) is 6.07 Å². The molecule has 0 aliphatic heterocycles. The summed E-state index contributed by atoms with van der Waals surface area (Å²) in [5.74, 6) is -1.52. The Morgan fingerprint density at radius 1 is 0.906 bits per heavy atom. The zero-order chi connectivity index (χ0) is 23.1. The van der Waals surface area contributed by atoms with Gasteiger partial charge in [0.2, 0.25) is 5.91 Å². The van der Waals surface area contributed by atoms with Gasteiger partial charge in [0.15, 0.2) is 5.78 Å². The topological polar surface area (TPSA) is 92.7 Å². The number of benzene rings is 3. The Balaban J connectivity index is 1.75. The summed E-state index contributed by atoms with van der Waals surface area (Å²) in [4.78, 5) is 37.9. The van der Waals surface area contributed by atoms with Crippen molar-refractivity contribution in [1.82, 2.24) is 5.32 Å². The number of esters is 1. The SMILES string of the molecule is COC(=O)[C@@H](Cc1ccc(O)cc1)NC(=O)[C@@H](C)c1cccc(C(=O)c2ccccc2)c1. The van der Waals surface area contributed by atoms with E-state index >= 15 is 0 Å². The predicted octanol–water partition coefficient (Wildman–Crippen LogP) is 3.63. The van der Waals surface area contributed by atoms with E-state index in [0.717, 1.165) is 5.56 Å². The van der Waals surface area contributed by atoms with E-state index in [-0.39, 0.29) is 23.9 Å². The van der Waals surface area contributed by atoms with Crippen LogP contribution in [0.25, 0.3) is 0 Å². The smallest absolute Gasteiger partial charge is 0.328 e. The highest BCUT2D eigenvalue weighted by Crippen LogP contribution is 2.20. The molecular weight excluding hydrogens is 406 g/mol. The maximum absolute atomic E-state index is 12.9.